The molecule has 21 heavy (non-hydrogen) atoms. The summed E-state index contributed by atoms with van der Waals surface area (Å²) in [4.78, 5) is 24.7. The van der Waals surface area contributed by atoms with Crippen LogP contribution in [-0.4, -0.2) is 47.8 Å². The Bertz CT molecular complexity index is 518. The third-order valence-corrected chi connectivity index (χ3v) is 3.49. The van der Waals surface area contributed by atoms with Crippen LogP contribution >= 0.6 is 0 Å². The second kappa shape index (κ2) is 7.08. The number of carboxylic acids is 1. The number of urea groups is 1. The molecule has 0 bridgehead atoms. The highest BCUT2D eigenvalue weighted by Gasteiger charge is 2.29. The van der Waals surface area contributed by atoms with Crippen LogP contribution in [0.3, 0.4) is 0 Å². The number of ether oxygens (including phenoxy) is 1. The smallest absolute Gasteiger partial charge is 0.322 e. The highest BCUT2D eigenvalue weighted by Crippen LogP contribution is 2.15. The first-order chi connectivity index (χ1) is 10.1. The van der Waals surface area contributed by atoms with E-state index >= 15 is 0 Å². The number of hydrogen-bond acceptors (Lipinski definition) is 3. The van der Waals surface area contributed by atoms with Gasteiger partial charge in [-0.2, -0.15) is 0 Å². The zero-order chi connectivity index (χ0) is 15.2. The molecule has 1 aliphatic heterocycles. The Labute approximate surface area is 123 Å². The molecule has 2 amide bonds. The predicted octanol–water partition coefficient (Wildman–Crippen LogP) is 1.96. The number of benzene rings is 1. The van der Waals surface area contributed by atoms with Crippen molar-refractivity contribution in [2.24, 2.45) is 0 Å². The van der Waals surface area contributed by atoms with Crippen molar-refractivity contribution in [2.75, 3.05) is 25.1 Å². The molecule has 0 aromatic heterocycles. The average Bonchev–Trinajstić information content (AvgIpc) is 2.47. The van der Waals surface area contributed by atoms with Gasteiger partial charge in [0.05, 0.1) is 25.7 Å². The van der Waals surface area contributed by atoms with E-state index in [2.05, 4.69) is 5.32 Å². The lowest BCUT2D eigenvalue weighted by molar-refractivity contribution is -0.139. The lowest BCUT2D eigenvalue weighted by Gasteiger charge is -2.34. The molecule has 2 N–H and O–H groups in total. The number of aryl methyl sites for hydroxylation is 1. The predicted molar refractivity (Wildman–Crippen MR) is 78.4 cm³/mol. The van der Waals surface area contributed by atoms with E-state index in [1.807, 2.05) is 31.2 Å². The molecule has 1 aliphatic rings. The average molecular weight is 292 g/mol. The molecule has 0 spiro atoms. The van der Waals surface area contributed by atoms with E-state index in [0.29, 0.717) is 13.2 Å². The molecule has 0 radical (unpaired) electrons. The highest BCUT2D eigenvalue weighted by molar-refractivity contribution is 5.90. The van der Waals surface area contributed by atoms with Gasteiger partial charge in [0.1, 0.15) is 0 Å². The number of amides is 2. The van der Waals surface area contributed by atoms with Crippen LogP contribution in [0.25, 0.3) is 0 Å². The van der Waals surface area contributed by atoms with Crippen LogP contribution in [0.5, 0.6) is 0 Å². The minimum atomic E-state index is -0.934. The van der Waals surface area contributed by atoms with Crippen molar-refractivity contribution < 1.29 is 19.4 Å². The third-order valence-electron chi connectivity index (χ3n) is 3.49. The van der Waals surface area contributed by atoms with Gasteiger partial charge in [0.25, 0.3) is 0 Å². The lowest BCUT2D eigenvalue weighted by Crippen LogP contribution is -2.51. The van der Waals surface area contributed by atoms with Crippen LogP contribution in [0.4, 0.5) is 10.5 Å². The molecule has 1 unspecified atom stereocenters. The van der Waals surface area contributed by atoms with E-state index in [1.165, 1.54) is 4.90 Å². The number of rotatable bonds is 4. The van der Waals surface area contributed by atoms with Crippen molar-refractivity contribution >= 4 is 17.7 Å². The van der Waals surface area contributed by atoms with Gasteiger partial charge < -0.3 is 20.1 Å². The molecule has 1 saturated heterocycles. The van der Waals surface area contributed by atoms with Crippen LogP contribution < -0.4 is 5.32 Å². The molecule has 114 valence electrons. The molecule has 0 saturated carbocycles. The molecule has 6 heteroatoms. The monoisotopic (exact) mass is 292 g/mol. The van der Waals surface area contributed by atoms with Gasteiger partial charge in [-0.3, -0.25) is 4.79 Å². The molecular formula is C15H20N2O4. The van der Waals surface area contributed by atoms with Crippen molar-refractivity contribution in [3.63, 3.8) is 0 Å². The minimum Gasteiger partial charge on any atom is -0.481 e. The van der Waals surface area contributed by atoms with Gasteiger partial charge in [0.2, 0.25) is 0 Å². The number of morpholine rings is 1. The first kappa shape index (κ1) is 15.3. The Morgan fingerprint density at radius 2 is 2.29 bits per heavy atom. The summed E-state index contributed by atoms with van der Waals surface area (Å²) in [5.74, 6) is -0.934. The molecule has 1 aromatic rings. The van der Waals surface area contributed by atoms with Crippen LogP contribution in [0.1, 0.15) is 18.9 Å². The van der Waals surface area contributed by atoms with E-state index in [9.17, 15) is 9.59 Å². The molecule has 6 nitrogen and oxygen atoms in total. The Morgan fingerprint density at radius 3 is 3.00 bits per heavy atom. The number of aliphatic carboxylic acids is 1. The summed E-state index contributed by atoms with van der Waals surface area (Å²) >= 11 is 0. The van der Waals surface area contributed by atoms with E-state index < -0.39 is 12.0 Å². The molecule has 1 aromatic carbocycles. The second-order valence-electron chi connectivity index (χ2n) is 5.00. The van der Waals surface area contributed by atoms with Crippen LogP contribution in [0.2, 0.25) is 0 Å². The molecule has 1 fully saturated rings. The summed E-state index contributed by atoms with van der Waals surface area (Å²) in [5.41, 5.74) is 1.86. The maximum absolute atomic E-state index is 12.3. The van der Waals surface area contributed by atoms with Gasteiger partial charge in [-0.05, 0) is 24.1 Å². The van der Waals surface area contributed by atoms with Gasteiger partial charge >= 0.3 is 12.0 Å². The van der Waals surface area contributed by atoms with E-state index in [0.717, 1.165) is 17.7 Å². The molecule has 0 aliphatic carbocycles. The van der Waals surface area contributed by atoms with E-state index in [1.54, 1.807) is 0 Å². The number of carbonyl (C=O) groups excluding carboxylic acids is 1. The highest BCUT2D eigenvalue weighted by atomic mass is 16.5. The van der Waals surface area contributed by atoms with Crippen molar-refractivity contribution in [1.29, 1.82) is 0 Å². The van der Waals surface area contributed by atoms with E-state index in [-0.39, 0.29) is 19.1 Å². The van der Waals surface area contributed by atoms with Gasteiger partial charge in [-0.25, -0.2) is 4.79 Å². The summed E-state index contributed by atoms with van der Waals surface area (Å²) in [6, 6.07) is 6.93. The first-order valence-electron chi connectivity index (χ1n) is 7.06. The summed E-state index contributed by atoms with van der Waals surface area (Å²) in [7, 11) is 0. The van der Waals surface area contributed by atoms with Crippen LogP contribution in [0, 0.1) is 0 Å². The van der Waals surface area contributed by atoms with Crippen molar-refractivity contribution in [2.45, 2.75) is 25.8 Å². The quantitative estimate of drug-likeness (QED) is 0.889. The van der Waals surface area contributed by atoms with Crippen molar-refractivity contribution in [1.82, 2.24) is 4.90 Å². The maximum atomic E-state index is 12.3. The molecule has 2 rings (SSSR count). The number of anilines is 1. The topological polar surface area (TPSA) is 78.9 Å². The third kappa shape index (κ3) is 4.19. The first-order valence-corrected chi connectivity index (χ1v) is 7.06. The van der Waals surface area contributed by atoms with Gasteiger partial charge in [-0.1, -0.05) is 19.1 Å². The fourth-order valence-electron chi connectivity index (χ4n) is 2.36. The molecule has 1 atom stereocenters. The fourth-order valence-corrected chi connectivity index (χ4v) is 2.36. The molecular weight excluding hydrogens is 272 g/mol. The fraction of sp³-hybridized carbons (Fsp3) is 0.467. The Hall–Kier alpha value is -2.08. The maximum Gasteiger partial charge on any atom is 0.322 e. The number of nitrogens with zero attached hydrogens (tertiary/aromatic N) is 1. The Kier molecular flexibility index (Phi) is 5.16. The van der Waals surface area contributed by atoms with Gasteiger partial charge in [-0.15, -0.1) is 0 Å². The summed E-state index contributed by atoms with van der Waals surface area (Å²) in [6.45, 7) is 3.14. The summed E-state index contributed by atoms with van der Waals surface area (Å²) in [6.07, 6.45) is 0.783. The largest absolute Gasteiger partial charge is 0.481 e. The van der Waals surface area contributed by atoms with Gasteiger partial charge in [0.15, 0.2) is 0 Å². The minimum absolute atomic E-state index is 0.109. The van der Waals surface area contributed by atoms with Crippen molar-refractivity contribution in [3.05, 3.63) is 29.8 Å². The molecule has 1 heterocycles. The second-order valence-corrected chi connectivity index (χ2v) is 5.00. The van der Waals surface area contributed by atoms with Gasteiger partial charge in [0, 0.05) is 12.2 Å². The standard InChI is InChI=1S/C15H20N2O4/c1-2-11-4-3-5-12(8-11)16-15(20)17-6-7-21-10-13(17)9-14(18)19/h3-5,8,13H,2,6-7,9-10H2,1H3,(H,16,20)(H,18,19). The zero-order valence-corrected chi connectivity index (χ0v) is 12.0. The van der Waals surface area contributed by atoms with Crippen LogP contribution in [0.15, 0.2) is 24.3 Å². The number of carboxylic acid groups (broad SMARTS) is 1. The number of carbonyl (C=O) groups is 2. The SMILES string of the molecule is CCc1cccc(NC(=O)N2CCOCC2CC(=O)O)c1. The number of hydrogen-bond donors (Lipinski definition) is 2. The summed E-state index contributed by atoms with van der Waals surface area (Å²) in [5, 5.41) is 11.7. The Balaban J connectivity index is 2.04. The normalized spacial score (nSPS) is 18.3. The zero-order valence-electron chi connectivity index (χ0n) is 12.0. The Morgan fingerprint density at radius 1 is 1.48 bits per heavy atom. The van der Waals surface area contributed by atoms with Crippen molar-refractivity contribution in [3.8, 4) is 0 Å². The lowest BCUT2D eigenvalue weighted by atomic mass is 10.1. The van der Waals surface area contributed by atoms with E-state index in [4.69, 9.17) is 9.84 Å². The van der Waals surface area contributed by atoms with Crippen LogP contribution in [-0.2, 0) is 16.0 Å². The number of nitrogens with one attached hydrogen (secondary N) is 1. The summed E-state index contributed by atoms with van der Waals surface area (Å²) < 4.78 is 5.27.